The van der Waals surface area contributed by atoms with Gasteiger partial charge in [0.05, 0.1) is 11.8 Å². The zero-order valence-electron chi connectivity index (χ0n) is 11.5. The highest BCUT2D eigenvalue weighted by atomic mass is 79.9. The molecule has 0 spiro atoms. The first-order valence-electron chi connectivity index (χ1n) is 6.52. The maximum atomic E-state index is 12.5. The Morgan fingerprint density at radius 2 is 1.87 bits per heavy atom. The normalized spacial score (nSPS) is 17.6. The van der Waals surface area contributed by atoms with Crippen molar-refractivity contribution in [2.75, 3.05) is 0 Å². The summed E-state index contributed by atoms with van der Waals surface area (Å²) in [5, 5.41) is 0. The predicted molar refractivity (Wildman–Crippen MR) is 79.1 cm³/mol. The van der Waals surface area contributed by atoms with Crippen LogP contribution in [0.3, 0.4) is 0 Å². The molecule has 0 saturated carbocycles. The third-order valence-corrected chi connectivity index (χ3v) is 3.55. The molecular weight excluding hydrogens is 377 g/mol. The molecule has 2 heterocycles. The second kappa shape index (κ2) is 6.21. The lowest BCUT2D eigenvalue weighted by molar-refractivity contribution is -0.137. The number of nitrogens with one attached hydrogen (secondary N) is 1. The minimum absolute atomic E-state index is 0.346. The maximum Gasteiger partial charge on any atom is 0.416 e. The molecule has 2 aromatic rings. The Morgan fingerprint density at radius 3 is 2.48 bits per heavy atom. The van der Waals surface area contributed by atoms with Crippen molar-refractivity contribution in [1.29, 1.82) is 0 Å². The molecular formula is C15H10BrF3N2O2. The van der Waals surface area contributed by atoms with Gasteiger partial charge < -0.3 is 4.74 Å². The first-order valence-corrected chi connectivity index (χ1v) is 7.31. The lowest BCUT2D eigenvalue weighted by Crippen LogP contribution is -2.12. The summed E-state index contributed by atoms with van der Waals surface area (Å²) in [6.07, 6.45) is -1.73. The average Bonchev–Trinajstić information content (AvgIpc) is 2.97. The maximum absolute atomic E-state index is 12.5. The highest BCUT2D eigenvalue weighted by molar-refractivity contribution is 9.10. The summed E-state index contributed by atoms with van der Waals surface area (Å²) >= 11 is 3.22. The molecule has 120 valence electrons. The number of hydrogen-bond donors (Lipinski definition) is 1. The molecule has 3 rings (SSSR count). The van der Waals surface area contributed by atoms with Crippen molar-refractivity contribution in [3.8, 4) is 5.75 Å². The molecule has 8 heteroatoms. The number of ether oxygens (including phenoxy) is 1. The highest BCUT2D eigenvalue weighted by Crippen LogP contribution is 2.31. The summed E-state index contributed by atoms with van der Waals surface area (Å²) in [7, 11) is 0. The quantitative estimate of drug-likeness (QED) is 0.795. The van der Waals surface area contributed by atoms with E-state index in [1.165, 1.54) is 18.3 Å². The number of nitrogens with zero attached hydrogens (tertiary/aromatic N) is 1. The van der Waals surface area contributed by atoms with E-state index in [-0.39, 0.29) is 0 Å². The van der Waals surface area contributed by atoms with E-state index < -0.39 is 17.8 Å². The summed E-state index contributed by atoms with van der Waals surface area (Å²) in [6, 6.07) is 8.21. The van der Waals surface area contributed by atoms with Crippen LogP contribution in [0.15, 0.2) is 59.2 Å². The van der Waals surface area contributed by atoms with Crippen LogP contribution in [-0.4, -0.2) is 4.98 Å². The van der Waals surface area contributed by atoms with E-state index >= 15 is 0 Å². The topological polar surface area (TPSA) is 43.4 Å². The van der Waals surface area contributed by atoms with Gasteiger partial charge in [0.25, 0.3) is 0 Å². The SMILES string of the molecule is FC(F)(F)c1ccc(C2C=C(Oc3ccc(Br)nc3)NO2)cc1. The third kappa shape index (κ3) is 3.83. The van der Waals surface area contributed by atoms with Crippen molar-refractivity contribution < 1.29 is 22.7 Å². The Kier molecular flexibility index (Phi) is 4.27. The molecule has 1 unspecified atom stereocenters. The molecule has 0 saturated heterocycles. The Labute approximate surface area is 138 Å². The second-order valence-electron chi connectivity index (χ2n) is 4.71. The molecule has 0 radical (unpaired) electrons. The Hall–Kier alpha value is -2.06. The molecule has 1 atom stereocenters. The molecule has 1 aliphatic heterocycles. The van der Waals surface area contributed by atoms with Gasteiger partial charge in [-0.1, -0.05) is 12.1 Å². The van der Waals surface area contributed by atoms with Gasteiger partial charge in [0.1, 0.15) is 16.5 Å². The molecule has 0 bridgehead atoms. The van der Waals surface area contributed by atoms with Crippen LogP contribution in [0.4, 0.5) is 13.2 Å². The van der Waals surface area contributed by atoms with Crippen molar-refractivity contribution in [2.45, 2.75) is 12.3 Å². The number of rotatable bonds is 3. The van der Waals surface area contributed by atoms with Crippen LogP contribution >= 0.6 is 15.9 Å². The van der Waals surface area contributed by atoms with Crippen molar-refractivity contribution in [3.63, 3.8) is 0 Å². The average molecular weight is 387 g/mol. The van der Waals surface area contributed by atoms with Gasteiger partial charge in [-0.2, -0.15) is 13.2 Å². The highest BCUT2D eigenvalue weighted by Gasteiger charge is 2.30. The van der Waals surface area contributed by atoms with Crippen LogP contribution in [0.1, 0.15) is 17.2 Å². The summed E-state index contributed by atoms with van der Waals surface area (Å²) in [5.74, 6) is 0.850. The number of halogens is 4. The summed E-state index contributed by atoms with van der Waals surface area (Å²) < 4.78 is 43.8. The second-order valence-corrected chi connectivity index (χ2v) is 5.52. The van der Waals surface area contributed by atoms with E-state index in [0.717, 1.165) is 12.1 Å². The minimum atomic E-state index is -4.36. The molecule has 1 aromatic heterocycles. The van der Waals surface area contributed by atoms with Gasteiger partial charge in [-0.15, -0.1) is 0 Å². The van der Waals surface area contributed by atoms with E-state index in [1.54, 1.807) is 18.2 Å². The smallest absolute Gasteiger partial charge is 0.416 e. The van der Waals surface area contributed by atoms with Gasteiger partial charge in [0.15, 0.2) is 0 Å². The molecule has 0 fully saturated rings. The van der Waals surface area contributed by atoms with Crippen LogP contribution in [0.25, 0.3) is 0 Å². The fraction of sp³-hybridized carbons (Fsp3) is 0.133. The van der Waals surface area contributed by atoms with Gasteiger partial charge >= 0.3 is 6.18 Å². The lowest BCUT2D eigenvalue weighted by atomic mass is 10.1. The molecule has 23 heavy (non-hydrogen) atoms. The van der Waals surface area contributed by atoms with Crippen molar-refractivity contribution in [2.24, 2.45) is 0 Å². The van der Waals surface area contributed by atoms with Crippen molar-refractivity contribution >= 4 is 15.9 Å². The molecule has 4 nitrogen and oxygen atoms in total. The zero-order chi connectivity index (χ0) is 16.4. The Balaban J connectivity index is 1.70. The summed E-state index contributed by atoms with van der Waals surface area (Å²) in [5.41, 5.74) is 2.47. The van der Waals surface area contributed by atoms with E-state index in [2.05, 4.69) is 26.4 Å². The molecule has 0 aliphatic carbocycles. The van der Waals surface area contributed by atoms with Gasteiger partial charge in [-0.3, -0.25) is 4.84 Å². The largest absolute Gasteiger partial charge is 0.438 e. The predicted octanol–water partition coefficient (Wildman–Crippen LogP) is 4.36. The zero-order valence-corrected chi connectivity index (χ0v) is 13.1. The van der Waals surface area contributed by atoms with Crippen molar-refractivity contribution in [1.82, 2.24) is 10.5 Å². The number of pyridine rings is 1. The van der Waals surface area contributed by atoms with E-state index in [4.69, 9.17) is 9.57 Å². The minimum Gasteiger partial charge on any atom is -0.438 e. The van der Waals surface area contributed by atoms with Crippen LogP contribution in [0.2, 0.25) is 0 Å². The van der Waals surface area contributed by atoms with E-state index in [1.807, 2.05) is 0 Å². The first kappa shape index (κ1) is 15.8. The van der Waals surface area contributed by atoms with Gasteiger partial charge in [-0.25, -0.2) is 10.5 Å². The van der Waals surface area contributed by atoms with Crippen LogP contribution in [0, 0.1) is 0 Å². The van der Waals surface area contributed by atoms with Crippen LogP contribution in [-0.2, 0) is 11.0 Å². The number of benzene rings is 1. The molecule has 1 N–H and O–H groups in total. The van der Waals surface area contributed by atoms with Gasteiger partial charge in [0, 0.05) is 6.08 Å². The van der Waals surface area contributed by atoms with Gasteiger partial charge in [-0.05, 0) is 45.8 Å². The molecule has 0 amide bonds. The van der Waals surface area contributed by atoms with E-state index in [0.29, 0.717) is 21.8 Å². The summed E-state index contributed by atoms with van der Waals surface area (Å²) in [6.45, 7) is 0. The lowest BCUT2D eigenvalue weighted by Gasteiger charge is -2.10. The first-order chi connectivity index (χ1) is 10.9. The van der Waals surface area contributed by atoms with Gasteiger partial charge in [0.2, 0.25) is 5.88 Å². The molecule has 1 aliphatic rings. The Bertz CT molecular complexity index is 715. The number of hydroxylamine groups is 1. The number of hydrogen-bond acceptors (Lipinski definition) is 4. The number of aromatic nitrogens is 1. The monoisotopic (exact) mass is 386 g/mol. The fourth-order valence-corrected chi connectivity index (χ4v) is 2.19. The summed E-state index contributed by atoms with van der Waals surface area (Å²) in [4.78, 5) is 9.31. The molecule has 1 aromatic carbocycles. The number of alkyl halides is 3. The fourth-order valence-electron chi connectivity index (χ4n) is 1.96. The standard InChI is InChI=1S/C15H10BrF3N2O2/c16-13-6-5-11(8-20-13)22-14-7-12(23-21-14)9-1-3-10(4-2-9)15(17,18)19/h1-8,12,21H. The van der Waals surface area contributed by atoms with E-state index in [9.17, 15) is 13.2 Å². The van der Waals surface area contributed by atoms with Crippen LogP contribution < -0.4 is 10.2 Å². The van der Waals surface area contributed by atoms with Crippen molar-refractivity contribution in [3.05, 3.63) is 70.3 Å². The third-order valence-electron chi connectivity index (χ3n) is 3.08. The Morgan fingerprint density at radius 1 is 1.13 bits per heavy atom. The van der Waals surface area contributed by atoms with Crippen LogP contribution in [0.5, 0.6) is 5.75 Å².